The van der Waals surface area contributed by atoms with Crippen molar-refractivity contribution in [3.8, 4) is 11.5 Å². The van der Waals surface area contributed by atoms with Crippen LogP contribution in [0.3, 0.4) is 0 Å². The number of carbonyl (C=O) groups is 2. The van der Waals surface area contributed by atoms with Gasteiger partial charge in [-0.15, -0.1) is 0 Å². The van der Waals surface area contributed by atoms with Crippen LogP contribution >= 0.6 is 11.6 Å². The van der Waals surface area contributed by atoms with Crippen molar-refractivity contribution in [2.45, 2.75) is 6.10 Å². The molecule has 1 atom stereocenters. The van der Waals surface area contributed by atoms with E-state index in [9.17, 15) is 9.59 Å². The molecule has 3 rings (SSSR count). The van der Waals surface area contributed by atoms with E-state index in [0.29, 0.717) is 22.3 Å². The van der Waals surface area contributed by atoms with E-state index >= 15 is 0 Å². The van der Waals surface area contributed by atoms with Gasteiger partial charge >= 0.3 is 5.97 Å². The number of para-hydroxylation sites is 2. The molecule has 0 spiro atoms. The molecule has 8 heteroatoms. The molecule has 0 radical (unpaired) electrons. The molecule has 0 fully saturated rings. The zero-order valence-electron chi connectivity index (χ0n) is 12.4. The van der Waals surface area contributed by atoms with Crippen LogP contribution in [0.1, 0.15) is 0 Å². The lowest BCUT2D eigenvalue weighted by molar-refractivity contribution is -0.156. The molecule has 0 bridgehead atoms. The van der Waals surface area contributed by atoms with Crippen molar-refractivity contribution in [3.63, 3.8) is 0 Å². The Hall–Kier alpha value is -2.80. The van der Waals surface area contributed by atoms with Crippen molar-refractivity contribution in [1.82, 2.24) is 4.98 Å². The average molecular weight is 349 g/mol. The monoisotopic (exact) mass is 348 g/mol. The highest BCUT2D eigenvalue weighted by molar-refractivity contribution is 6.30. The molecule has 1 aromatic carbocycles. The minimum atomic E-state index is -0.915. The normalized spacial score (nSPS) is 15.5. The summed E-state index contributed by atoms with van der Waals surface area (Å²) >= 11 is 5.70. The fourth-order valence-electron chi connectivity index (χ4n) is 1.99. The van der Waals surface area contributed by atoms with Gasteiger partial charge in [-0.1, -0.05) is 23.7 Å². The maximum absolute atomic E-state index is 12.0. The van der Waals surface area contributed by atoms with E-state index < -0.39 is 24.6 Å². The first kappa shape index (κ1) is 16.1. The van der Waals surface area contributed by atoms with Crippen LogP contribution in [0.5, 0.6) is 11.5 Å². The van der Waals surface area contributed by atoms with Crippen molar-refractivity contribution in [2.75, 3.05) is 18.5 Å². The topological polar surface area (TPSA) is 86.8 Å². The number of hydrogen-bond acceptors (Lipinski definition) is 6. The lowest BCUT2D eigenvalue weighted by atomic mass is 10.2. The summed E-state index contributed by atoms with van der Waals surface area (Å²) in [6.07, 6.45) is 0.481. The highest BCUT2D eigenvalue weighted by Crippen LogP contribution is 2.31. The number of amides is 1. The number of benzene rings is 1. The van der Waals surface area contributed by atoms with Gasteiger partial charge in [-0.05, 0) is 24.3 Å². The van der Waals surface area contributed by atoms with Crippen LogP contribution in [0, 0.1) is 0 Å². The predicted octanol–water partition coefficient (Wildman–Crippen LogP) is 2.06. The Labute approximate surface area is 142 Å². The second-order valence-corrected chi connectivity index (χ2v) is 5.32. The lowest BCUT2D eigenvalue weighted by Gasteiger charge is -2.24. The molecule has 0 unspecified atom stereocenters. The number of hydrogen-bond donors (Lipinski definition) is 1. The first-order valence-electron chi connectivity index (χ1n) is 7.08. The standard InChI is InChI=1S/C16H13ClN2O5/c17-10-5-6-14(18-7-10)19-15(20)9-23-16(21)13-8-22-11-3-1-2-4-12(11)24-13/h1-7,13H,8-9H2,(H,18,19,20)/t13-/m1/s1. The van der Waals surface area contributed by atoms with E-state index in [-0.39, 0.29) is 6.61 Å². The van der Waals surface area contributed by atoms with Gasteiger partial charge in [0.1, 0.15) is 12.4 Å². The molecule has 2 aromatic rings. The molecule has 0 aliphatic carbocycles. The molecule has 7 nitrogen and oxygen atoms in total. The van der Waals surface area contributed by atoms with Crippen molar-refractivity contribution in [2.24, 2.45) is 0 Å². The number of esters is 1. The fourth-order valence-corrected chi connectivity index (χ4v) is 2.11. The number of pyridine rings is 1. The van der Waals surface area contributed by atoms with Crippen molar-refractivity contribution >= 4 is 29.3 Å². The molecular formula is C16H13ClN2O5. The summed E-state index contributed by atoms with van der Waals surface area (Å²) in [5, 5.41) is 2.94. The quantitative estimate of drug-likeness (QED) is 0.851. The number of nitrogens with zero attached hydrogens (tertiary/aromatic N) is 1. The van der Waals surface area contributed by atoms with Gasteiger partial charge in [0, 0.05) is 6.20 Å². The predicted molar refractivity (Wildman–Crippen MR) is 85.2 cm³/mol. The summed E-state index contributed by atoms with van der Waals surface area (Å²) in [5.74, 6) is 0.138. The Morgan fingerprint density at radius 3 is 2.79 bits per heavy atom. The molecule has 1 N–H and O–H groups in total. The zero-order chi connectivity index (χ0) is 16.9. The summed E-state index contributed by atoms with van der Waals surface area (Å²) in [5.41, 5.74) is 0. The van der Waals surface area contributed by atoms with E-state index in [2.05, 4.69) is 10.3 Å². The highest BCUT2D eigenvalue weighted by atomic mass is 35.5. The van der Waals surface area contributed by atoms with E-state index in [1.807, 2.05) is 0 Å². The third-order valence-electron chi connectivity index (χ3n) is 3.11. The smallest absolute Gasteiger partial charge is 0.351 e. The van der Waals surface area contributed by atoms with Gasteiger partial charge in [-0.2, -0.15) is 0 Å². The second-order valence-electron chi connectivity index (χ2n) is 4.88. The number of ether oxygens (including phenoxy) is 3. The number of nitrogens with one attached hydrogen (secondary N) is 1. The first-order chi connectivity index (χ1) is 11.6. The van der Waals surface area contributed by atoms with E-state index in [1.54, 1.807) is 30.3 Å². The zero-order valence-corrected chi connectivity index (χ0v) is 13.2. The number of halogens is 1. The first-order valence-corrected chi connectivity index (χ1v) is 7.46. The van der Waals surface area contributed by atoms with E-state index in [4.69, 9.17) is 25.8 Å². The molecule has 0 saturated heterocycles. The average Bonchev–Trinajstić information content (AvgIpc) is 2.61. The number of fused-ring (bicyclic) bond motifs is 1. The van der Waals surface area contributed by atoms with Gasteiger partial charge in [0.15, 0.2) is 18.1 Å². The summed E-state index contributed by atoms with van der Waals surface area (Å²) in [6.45, 7) is -0.430. The molecule has 2 heterocycles. The van der Waals surface area contributed by atoms with Crippen LogP contribution in [0.15, 0.2) is 42.6 Å². The van der Waals surface area contributed by atoms with E-state index in [0.717, 1.165) is 0 Å². The Balaban J connectivity index is 1.49. The van der Waals surface area contributed by atoms with Crippen LogP contribution in [0.25, 0.3) is 0 Å². The minimum absolute atomic E-state index is 0.0240. The molecular weight excluding hydrogens is 336 g/mol. The van der Waals surface area contributed by atoms with Gasteiger partial charge < -0.3 is 19.5 Å². The van der Waals surface area contributed by atoms with Crippen LogP contribution in [0.4, 0.5) is 5.82 Å². The lowest BCUT2D eigenvalue weighted by Crippen LogP contribution is -2.39. The van der Waals surface area contributed by atoms with Crippen LogP contribution in [-0.4, -0.2) is 36.2 Å². The second kappa shape index (κ2) is 7.18. The van der Waals surface area contributed by atoms with Gasteiger partial charge in [0.25, 0.3) is 5.91 Å². The third-order valence-corrected chi connectivity index (χ3v) is 3.34. The SMILES string of the molecule is O=C(COC(=O)[C@H]1COc2ccccc2O1)Nc1ccc(Cl)cn1. The van der Waals surface area contributed by atoms with Gasteiger partial charge in [-0.25, -0.2) is 9.78 Å². The van der Waals surface area contributed by atoms with Crippen molar-refractivity contribution in [3.05, 3.63) is 47.6 Å². The molecule has 1 aliphatic heterocycles. The molecule has 124 valence electrons. The maximum atomic E-state index is 12.0. The molecule has 1 aliphatic rings. The van der Waals surface area contributed by atoms with Gasteiger partial charge in [0.2, 0.25) is 6.10 Å². The third kappa shape index (κ3) is 3.94. The molecule has 24 heavy (non-hydrogen) atoms. The Bertz CT molecular complexity index is 750. The number of aromatic nitrogens is 1. The van der Waals surface area contributed by atoms with Gasteiger partial charge in [0.05, 0.1) is 5.02 Å². The summed E-state index contributed by atoms with van der Waals surface area (Å²) in [4.78, 5) is 27.6. The fraction of sp³-hybridized carbons (Fsp3) is 0.188. The summed E-state index contributed by atoms with van der Waals surface area (Å²) in [6, 6.07) is 10.1. The number of anilines is 1. The summed E-state index contributed by atoms with van der Waals surface area (Å²) in [7, 11) is 0. The molecule has 0 saturated carbocycles. The Morgan fingerprint density at radius 1 is 1.25 bits per heavy atom. The Kier molecular flexibility index (Phi) is 4.81. The summed E-state index contributed by atoms with van der Waals surface area (Å²) < 4.78 is 15.9. The van der Waals surface area contributed by atoms with Crippen LogP contribution in [0.2, 0.25) is 5.02 Å². The number of rotatable bonds is 4. The van der Waals surface area contributed by atoms with Crippen molar-refractivity contribution in [1.29, 1.82) is 0 Å². The number of carbonyl (C=O) groups excluding carboxylic acids is 2. The minimum Gasteiger partial charge on any atom is -0.485 e. The van der Waals surface area contributed by atoms with Crippen LogP contribution in [-0.2, 0) is 14.3 Å². The Morgan fingerprint density at radius 2 is 2.04 bits per heavy atom. The van der Waals surface area contributed by atoms with E-state index in [1.165, 1.54) is 12.3 Å². The largest absolute Gasteiger partial charge is 0.485 e. The highest BCUT2D eigenvalue weighted by Gasteiger charge is 2.29. The van der Waals surface area contributed by atoms with Crippen LogP contribution < -0.4 is 14.8 Å². The molecule has 1 amide bonds. The maximum Gasteiger partial charge on any atom is 0.351 e. The van der Waals surface area contributed by atoms with Gasteiger partial charge in [-0.3, -0.25) is 4.79 Å². The van der Waals surface area contributed by atoms with Crippen molar-refractivity contribution < 1.29 is 23.8 Å². The molecule has 1 aromatic heterocycles.